The number of amides is 1. The molecule has 0 aliphatic carbocycles. The van der Waals surface area contributed by atoms with E-state index in [0.29, 0.717) is 6.54 Å². The maximum absolute atomic E-state index is 11.9. The number of aliphatic hydroxyl groups is 1. The molecule has 0 saturated carbocycles. The Bertz CT molecular complexity index is 225. The first-order chi connectivity index (χ1) is 7.56. The standard InChI is InChI=1S/C11H23N3O2/c1-9(12)11(16)14(7-8-15)10-3-5-13(2)6-4-10/h9-10,15H,3-8,12H2,1-2H3/t9-/m1/s1. The Morgan fingerprint density at radius 3 is 2.56 bits per heavy atom. The summed E-state index contributed by atoms with van der Waals surface area (Å²) in [5.74, 6) is -0.0522. The fourth-order valence-electron chi connectivity index (χ4n) is 2.15. The van der Waals surface area contributed by atoms with E-state index in [1.165, 1.54) is 0 Å². The van der Waals surface area contributed by atoms with Crippen LogP contribution in [0, 0.1) is 0 Å². The minimum absolute atomic E-state index is 0.00476. The molecular weight excluding hydrogens is 206 g/mol. The number of hydrogen-bond acceptors (Lipinski definition) is 4. The molecule has 0 aromatic heterocycles. The first-order valence-electron chi connectivity index (χ1n) is 5.91. The number of aliphatic hydroxyl groups excluding tert-OH is 1. The van der Waals surface area contributed by atoms with E-state index in [-0.39, 0.29) is 18.6 Å². The van der Waals surface area contributed by atoms with Crippen LogP contribution < -0.4 is 5.73 Å². The van der Waals surface area contributed by atoms with Crippen molar-refractivity contribution in [2.75, 3.05) is 33.3 Å². The predicted molar refractivity (Wildman–Crippen MR) is 63.0 cm³/mol. The van der Waals surface area contributed by atoms with E-state index in [2.05, 4.69) is 11.9 Å². The zero-order chi connectivity index (χ0) is 12.1. The predicted octanol–water partition coefficient (Wildman–Crippen LogP) is -0.751. The lowest BCUT2D eigenvalue weighted by Gasteiger charge is -2.37. The van der Waals surface area contributed by atoms with Crippen LogP contribution in [-0.2, 0) is 4.79 Å². The van der Waals surface area contributed by atoms with Crippen molar-refractivity contribution in [1.82, 2.24) is 9.80 Å². The van der Waals surface area contributed by atoms with E-state index in [1.54, 1.807) is 11.8 Å². The van der Waals surface area contributed by atoms with Crippen molar-refractivity contribution in [3.63, 3.8) is 0 Å². The van der Waals surface area contributed by atoms with Crippen LogP contribution in [0.5, 0.6) is 0 Å². The summed E-state index contributed by atoms with van der Waals surface area (Å²) < 4.78 is 0. The Kier molecular flexibility index (Phi) is 5.18. The van der Waals surface area contributed by atoms with Gasteiger partial charge in [-0.1, -0.05) is 0 Å². The first kappa shape index (κ1) is 13.4. The van der Waals surface area contributed by atoms with Crippen LogP contribution in [0.25, 0.3) is 0 Å². The van der Waals surface area contributed by atoms with Gasteiger partial charge >= 0.3 is 0 Å². The fourth-order valence-corrected chi connectivity index (χ4v) is 2.15. The average Bonchev–Trinajstić information content (AvgIpc) is 2.26. The van der Waals surface area contributed by atoms with Crippen LogP contribution in [0.2, 0.25) is 0 Å². The number of carbonyl (C=O) groups excluding carboxylic acids is 1. The van der Waals surface area contributed by atoms with E-state index in [0.717, 1.165) is 25.9 Å². The summed E-state index contributed by atoms with van der Waals surface area (Å²) >= 11 is 0. The van der Waals surface area contributed by atoms with Gasteiger partial charge in [0, 0.05) is 12.6 Å². The highest BCUT2D eigenvalue weighted by Gasteiger charge is 2.27. The molecule has 94 valence electrons. The van der Waals surface area contributed by atoms with Crippen molar-refractivity contribution in [3.8, 4) is 0 Å². The molecule has 5 heteroatoms. The van der Waals surface area contributed by atoms with Crippen molar-refractivity contribution < 1.29 is 9.90 Å². The highest BCUT2D eigenvalue weighted by molar-refractivity contribution is 5.81. The molecule has 1 atom stereocenters. The van der Waals surface area contributed by atoms with Crippen molar-refractivity contribution in [2.45, 2.75) is 31.8 Å². The van der Waals surface area contributed by atoms with Gasteiger partial charge in [-0.25, -0.2) is 0 Å². The maximum Gasteiger partial charge on any atom is 0.239 e. The van der Waals surface area contributed by atoms with Gasteiger partial charge < -0.3 is 20.6 Å². The van der Waals surface area contributed by atoms with E-state index in [9.17, 15) is 4.79 Å². The third kappa shape index (κ3) is 3.43. The highest BCUT2D eigenvalue weighted by atomic mass is 16.3. The smallest absolute Gasteiger partial charge is 0.239 e. The number of piperidine rings is 1. The van der Waals surface area contributed by atoms with E-state index >= 15 is 0 Å². The molecule has 0 radical (unpaired) electrons. The van der Waals surface area contributed by atoms with Crippen molar-refractivity contribution >= 4 is 5.91 Å². The number of nitrogens with two attached hydrogens (primary N) is 1. The lowest BCUT2D eigenvalue weighted by atomic mass is 10.0. The lowest BCUT2D eigenvalue weighted by Crippen LogP contribution is -2.52. The molecule has 1 saturated heterocycles. The molecule has 5 nitrogen and oxygen atoms in total. The normalized spacial score (nSPS) is 20.8. The Balaban J connectivity index is 2.59. The largest absolute Gasteiger partial charge is 0.395 e. The highest BCUT2D eigenvalue weighted by Crippen LogP contribution is 2.16. The summed E-state index contributed by atoms with van der Waals surface area (Å²) in [5, 5.41) is 9.00. The Morgan fingerprint density at radius 2 is 2.12 bits per heavy atom. The van der Waals surface area contributed by atoms with Crippen LogP contribution in [0.3, 0.4) is 0 Å². The van der Waals surface area contributed by atoms with Gasteiger partial charge in [-0.05, 0) is 39.9 Å². The Hall–Kier alpha value is -0.650. The first-order valence-corrected chi connectivity index (χ1v) is 5.91. The Morgan fingerprint density at radius 1 is 1.56 bits per heavy atom. The molecule has 0 unspecified atom stereocenters. The third-order valence-corrected chi connectivity index (χ3v) is 3.14. The summed E-state index contributed by atoms with van der Waals surface area (Å²) in [7, 11) is 2.08. The molecule has 1 rings (SSSR count). The molecule has 0 aromatic rings. The number of nitrogens with zero attached hydrogens (tertiary/aromatic N) is 2. The van der Waals surface area contributed by atoms with Crippen LogP contribution in [-0.4, -0.2) is 66.2 Å². The molecular formula is C11H23N3O2. The lowest BCUT2D eigenvalue weighted by molar-refractivity contribution is -0.136. The van der Waals surface area contributed by atoms with Gasteiger partial charge in [-0.2, -0.15) is 0 Å². The topological polar surface area (TPSA) is 69.8 Å². The van der Waals surface area contributed by atoms with Gasteiger partial charge in [0.15, 0.2) is 0 Å². The van der Waals surface area contributed by atoms with Crippen LogP contribution in [0.1, 0.15) is 19.8 Å². The van der Waals surface area contributed by atoms with Crippen LogP contribution in [0.15, 0.2) is 0 Å². The van der Waals surface area contributed by atoms with E-state index in [4.69, 9.17) is 10.8 Å². The third-order valence-electron chi connectivity index (χ3n) is 3.14. The zero-order valence-corrected chi connectivity index (χ0v) is 10.2. The molecule has 0 bridgehead atoms. The molecule has 16 heavy (non-hydrogen) atoms. The van der Waals surface area contributed by atoms with E-state index in [1.807, 2.05) is 0 Å². The van der Waals surface area contributed by atoms with Gasteiger partial charge in [0.2, 0.25) is 5.91 Å². The van der Waals surface area contributed by atoms with Gasteiger partial charge in [0.1, 0.15) is 0 Å². The summed E-state index contributed by atoms with van der Waals surface area (Å²) in [5.41, 5.74) is 5.62. The minimum Gasteiger partial charge on any atom is -0.395 e. The van der Waals surface area contributed by atoms with Gasteiger partial charge in [0.25, 0.3) is 0 Å². The number of likely N-dealkylation sites (tertiary alicyclic amines) is 1. The number of carbonyl (C=O) groups is 1. The fraction of sp³-hybridized carbons (Fsp3) is 0.909. The van der Waals surface area contributed by atoms with Gasteiger partial charge in [-0.3, -0.25) is 4.79 Å². The summed E-state index contributed by atoms with van der Waals surface area (Å²) in [6.07, 6.45) is 1.93. The van der Waals surface area contributed by atoms with Gasteiger partial charge in [-0.15, -0.1) is 0 Å². The summed E-state index contributed by atoms with van der Waals surface area (Å²) in [6, 6.07) is -0.243. The second-order valence-corrected chi connectivity index (χ2v) is 4.58. The minimum atomic E-state index is -0.480. The van der Waals surface area contributed by atoms with Crippen molar-refractivity contribution in [1.29, 1.82) is 0 Å². The second-order valence-electron chi connectivity index (χ2n) is 4.58. The molecule has 1 aliphatic heterocycles. The van der Waals surface area contributed by atoms with E-state index < -0.39 is 6.04 Å². The molecule has 0 spiro atoms. The SMILES string of the molecule is C[C@@H](N)C(=O)N(CCO)C1CCN(C)CC1. The summed E-state index contributed by atoms with van der Waals surface area (Å²) in [4.78, 5) is 15.9. The van der Waals surface area contributed by atoms with Crippen molar-refractivity contribution in [2.24, 2.45) is 5.73 Å². The molecule has 3 N–H and O–H groups in total. The molecule has 1 heterocycles. The second kappa shape index (κ2) is 6.18. The quantitative estimate of drug-likeness (QED) is 0.665. The average molecular weight is 229 g/mol. The van der Waals surface area contributed by atoms with Crippen LogP contribution in [0.4, 0.5) is 0 Å². The van der Waals surface area contributed by atoms with Crippen LogP contribution >= 0.6 is 0 Å². The monoisotopic (exact) mass is 229 g/mol. The summed E-state index contributed by atoms with van der Waals surface area (Å²) in [6.45, 7) is 4.10. The van der Waals surface area contributed by atoms with Crippen molar-refractivity contribution in [3.05, 3.63) is 0 Å². The molecule has 0 aromatic carbocycles. The maximum atomic E-state index is 11.9. The Labute approximate surface area is 97.2 Å². The zero-order valence-electron chi connectivity index (χ0n) is 10.2. The molecule has 1 amide bonds. The molecule has 1 fully saturated rings. The number of hydrogen-bond donors (Lipinski definition) is 2. The number of rotatable bonds is 4. The molecule has 1 aliphatic rings. The van der Waals surface area contributed by atoms with Gasteiger partial charge in [0.05, 0.1) is 12.6 Å².